The van der Waals surface area contributed by atoms with Gasteiger partial charge < -0.3 is 30.1 Å². The largest absolute Gasteiger partial charge is 0.457 e. The van der Waals surface area contributed by atoms with E-state index in [0.29, 0.717) is 75.6 Å². The van der Waals surface area contributed by atoms with Crippen molar-refractivity contribution in [2.45, 2.75) is 82.0 Å². The average molecular weight is 607 g/mol. The van der Waals surface area contributed by atoms with Crippen LogP contribution in [0.2, 0.25) is 0 Å². The fourth-order valence-corrected chi connectivity index (χ4v) is 6.89. The van der Waals surface area contributed by atoms with Crippen molar-refractivity contribution in [2.24, 2.45) is 0 Å². The summed E-state index contributed by atoms with van der Waals surface area (Å²) in [7, 11) is 1.60. The molecule has 5 rings (SSSR count). The van der Waals surface area contributed by atoms with E-state index in [-0.39, 0.29) is 24.1 Å². The summed E-state index contributed by atoms with van der Waals surface area (Å²) in [5, 5.41) is 16.8. The number of ether oxygens (including phenoxy) is 2. The summed E-state index contributed by atoms with van der Waals surface area (Å²) in [6, 6.07) is 14.2. The molecule has 10 heteroatoms. The fourth-order valence-electron chi connectivity index (χ4n) is 6.89. The Morgan fingerprint density at radius 1 is 0.977 bits per heavy atom. The third-order valence-electron chi connectivity index (χ3n) is 9.43. The molecule has 3 fully saturated rings. The lowest BCUT2D eigenvalue weighted by Gasteiger charge is -2.52. The fraction of sp³-hybridized carbons (Fsp3) is 0.559. The van der Waals surface area contributed by atoms with Crippen LogP contribution >= 0.6 is 0 Å². The summed E-state index contributed by atoms with van der Waals surface area (Å²) in [6.07, 6.45) is 5.69. The summed E-state index contributed by atoms with van der Waals surface area (Å²) < 4.78 is 11.6. The molecule has 2 saturated heterocycles. The molecule has 2 aromatic rings. The zero-order valence-electron chi connectivity index (χ0n) is 26.0. The number of hydrogen-bond donors (Lipinski definition) is 3. The number of piperazine rings is 1. The number of rotatable bonds is 11. The highest BCUT2D eigenvalue weighted by atomic mass is 16.5. The molecule has 0 unspecified atom stereocenters. The molecule has 1 saturated carbocycles. The topological polar surface area (TPSA) is 120 Å². The van der Waals surface area contributed by atoms with Gasteiger partial charge in [0.1, 0.15) is 23.1 Å². The molecule has 0 bridgehead atoms. The van der Waals surface area contributed by atoms with Crippen LogP contribution in [0.4, 0.5) is 0 Å². The van der Waals surface area contributed by atoms with Gasteiger partial charge in [0.05, 0.1) is 12.2 Å². The van der Waals surface area contributed by atoms with Crippen LogP contribution in [0.15, 0.2) is 48.5 Å². The summed E-state index contributed by atoms with van der Waals surface area (Å²) in [5.74, 6) is 1.000. The van der Waals surface area contributed by atoms with Gasteiger partial charge in [0.25, 0.3) is 5.91 Å². The van der Waals surface area contributed by atoms with Gasteiger partial charge in [-0.25, -0.2) is 0 Å². The third-order valence-corrected chi connectivity index (χ3v) is 9.43. The highest BCUT2D eigenvalue weighted by Gasteiger charge is 2.54. The molecule has 3 aliphatic rings. The van der Waals surface area contributed by atoms with Crippen molar-refractivity contribution in [1.82, 2.24) is 20.4 Å². The number of hydrogen-bond acceptors (Lipinski definition) is 7. The molecule has 1 spiro atoms. The van der Waals surface area contributed by atoms with Crippen molar-refractivity contribution < 1.29 is 29.0 Å². The standard InChI is InChI=1S/C34H46N4O6/c1-3-43-22-21-38-31(40)29(23-33(42)15-5-4-6-16-33)36-32(41)34(38)17-19-37(20-18-34)24-25-7-11-27(12-8-25)44-28-13-9-26(10-14-28)30(39)35-2/h7-14,29,42H,3-6,15-24H2,1-2H3,(H,35,39)(H,36,41)/t29-/m1/s1. The van der Waals surface area contributed by atoms with E-state index in [1.165, 1.54) is 0 Å². The number of benzene rings is 2. The third kappa shape index (κ3) is 7.25. The van der Waals surface area contributed by atoms with Gasteiger partial charge in [-0.05, 0) is 74.6 Å². The van der Waals surface area contributed by atoms with Crippen molar-refractivity contribution in [3.63, 3.8) is 0 Å². The van der Waals surface area contributed by atoms with Gasteiger partial charge in [0.15, 0.2) is 0 Å². The van der Waals surface area contributed by atoms with Gasteiger partial charge in [-0.2, -0.15) is 0 Å². The second-order valence-electron chi connectivity index (χ2n) is 12.4. The number of carbonyl (C=O) groups is 3. The van der Waals surface area contributed by atoms with Crippen LogP contribution < -0.4 is 15.4 Å². The van der Waals surface area contributed by atoms with Crippen LogP contribution in [-0.4, -0.2) is 89.7 Å². The number of nitrogens with one attached hydrogen (secondary N) is 2. The molecule has 1 aliphatic carbocycles. The Labute approximate surface area is 260 Å². The maximum Gasteiger partial charge on any atom is 0.251 e. The van der Waals surface area contributed by atoms with E-state index in [1.54, 1.807) is 36.2 Å². The molecule has 1 atom stereocenters. The van der Waals surface area contributed by atoms with E-state index in [2.05, 4.69) is 15.5 Å². The van der Waals surface area contributed by atoms with E-state index >= 15 is 0 Å². The molecule has 2 aromatic carbocycles. The number of aliphatic hydroxyl groups is 1. The van der Waals surface area contributed by atoms with Crippen LogP contribution in [0.25, 0.3) is 0 Å². The molecule has 0 radical (unpaired) electrons. The lowest BCUT2D eigenvalue weighted by Crippen LogP contribution is -2.73. The smallest absolute Gasteiger partial charge is 0.251 e. The van der Waals surface area contributed by atoms with Crippen molar-refractivity contribution >= 4 is 17.7 Å². The van der Waals surface area contributed by atoms with E-state index in [0.717, 1.165) is 31.4 Å². The van der Waals surface area contributed by atoms with Gasteiger partial charge in [0.2, 0.25) is 11.8 Å². The van der Waals surface area contributed by atoms with E-state index in [9.17, 15) is 19.5 Å². The molecule has 3 amide bonds. The molecule has 44 heavy (non-hydrogen) atoms. The maximum atomic E-state index is 13.9. The molecule has 0 aromatic heterocycles. The first kappa shape index (κ1) is 31.9. The summed E-state index contributed by atoms with van der Waals surface area (Å²) >= 11 is 0. The Bertz CT molecular complexity index is 1280. The first-order chi connectivity index (χ1) is 21.2. The Balaban J connectivity index is 1.19. The second kappa shape index (κ2) is 14.1. The van der Waals surface area contributed by atoms with Gasteiger partial charge in [-0.3, -0.25) is 19.3 Å². The normalized spacial score (nSPS) is 21.6. The molecular formula is C34H46N4O6. The minimum absolute atomic E-state index is 0.101. The Hall–Kier alpha value is -3.47. The van der Waals surface area contributed by atoms with Crippen LogP contribution in [0.1, 0.15) is 74.2 Å². The quantitative estimate of drug-likeness (QED) is 0.334. The van der Waals surface area contributed by atoms with Crippen molar-refractivity contribution in [1.29, 1.82) is 0 Å². The van der Waals surface area contributed by atoms with Gasteiger partial charge in [0, 0.05) is 51.8 Å². The van der Waals surface area contributed by atoms with Crippen LogP contribution in [-0.2, 0) is 20.9 Å². The van der Waals surface area contributed by atoms with Crippen molar-refractivity contribution in [2.75, 3.05) is 39.9 Å². The Morgan fingerprint density at radius 2 is 1.61 bits per heavy atom. The van der Waals surface area contributed by atoms with Crippen LogP contribution in [0.5, 0.6) is 11.5 Å². The number of carbonyl (C=O) groups excluding carboxylic acids is 3. The van der Waals surface area contributed by atoms with Gasteiger partial charge >= 0.3 is 0 Å². The predicted octanol–water partition coefficient (Wildman–Crippen LogP) is 3.62. The van der Waals surface area contributed by atoms with E-state index in [1.807, 2.05) is 31.2 Å². The molecule has 2 aliphatic heterocycles. The van der Waals surface area contributed by atoms with E-state index in [4.69, 9.17) is 9.47 Å². The zero-order chi connectivity index (χ0) is 31.2. The van der Waals surface area contributed by atoms with Crippen molar-refractivity contribution in [3.05, 3.63) is 59.7 Å². The number of piperidine rings is 1. The SMILES string of the molecule is CCOCCN1C(=O)[C@@H](CC2(O)CCCCC2)NC(=O)C12CCN(Cc1ccc(Oc3ccc(C(=O)NC)cc3)cc1)CC2. The Kier molecular flexibility index (Phi) is 10.2. The van der Waals surface area contributed by atoms with E-state index < -0.39 is 17.2 Å². The molecule has 3 N–H and O–H groups in total. The van der Waals surface area contributed by atoms with Crippen LogP contribution in [0.3, 0.4) is 0 Å². The molecule has 2 heterocycles. The highest BCUT2D eigenvalue weighted by Crippen LogP contribution is 2.37. The maximum absolute atomic E-state index is 13.9. The average Bonchev–Trinajstić information content (AvgIpc) is 3.03. The minimum atomic E-state index is -0.901. The van der Waals surface area contributed by atoms with Gasteiger partial charge in [-0.1, -0.05) is 31.4 Å². The van der Waals surface area contributed by atoms with Crippen molar-refractivity contribution in [3.8, 4) is 11.5 Å². The first-order valence-corrected chi connectivity index (χ1v) is 16.0. The zero-order valence-corrected chi connectivity index (χ0v) is 26.0. The summed E-state index contributed by atoms with van der Waals surface area (Å²) in [4.78, 5) is 43.4. The second-order valence-corrected chi connectivity index (χ2v) is 12.4. The minimum Gasteiger partial charge on any atom is -0.457 e. The monoisotopic (exact) mass is 606 g/mol. The number of nitrogens with zero attached hydrogens (tertiary/aromatic N) is 2. The molecule has 10 nitrogen and oxygen atoms in total. The van der Waals surface area contributed by atoms with Gasteiger partial charge in [-0.15, -0.1) is 0 Å². The lowest BCUT2D eigenvalue weighted by atomic mass is 9.77. The summed E-state index contributed by atoms with van der Waals surface area (Å²) in [5.41, 5.74) is -0.102. The molecule has 238 valence electrons. The number of amides is 3. The first-order valence-electron chi connectivity index (χ1n) is 16.0. The highest BCUT2D eigenvalue weighted by molar-refractivity contribution is 6.00. The number of likely N-dealkylation sites (tertiary alicyclic amines) is 1. The lowest BCUT2D eigenvalue weighted by molar-refractivity contribution is -0.164. The van der Waals surface area contributed by atoms with Crippen LogP contribution in [0, 0.1) is 0 Å². The summed E-state index contributed by atoms with van der Waals surface area (Å²) in [6.45, 7) is 5.29. The molecular weight excluding hydrogens is 560 g/mol. The Morgan fingerprint density at radius 3 is 2.23 bits per heavy atom. The predicted molar refractivity (Wildman–Crippen MR) is 166 cm³/mol.